The van der Waals surface area contributed by atoms with Gasteiger partial charge < -0.3 is 14.2 Å². The highest BCUT2D eigenvalue weighted by Crippen LogP contribution is 2.05. The van der Waals surface area contributed by atoms with Crippen LogP contribution in [0.15, 0.2) is 36.5 Å². The lowest BCUT2D eigenvalue weighted by Gasteiger charge is -2.18. The lowest BCUT2D eigenvalue weighted by atomic mass is 10.1. The van der Waals surface area contributed by atoms with Crippen LogP contribution in [0.3, 0.4) is 0 Å². The van der Waals surface area contributed by atoms with Gasteiger partial charge in [-0.15, -0.1) is 0 Å². The fourth-order valence-corrected chi connectivity index (χ4v) is 2.74. The zero-order valence-electron chi connectivity index (χ0n) is 19.2. The SMILES string of the molecule is CCCCC/C=C\C/C=C\C/C=C\CCCCC(=O)OCC(C)O[C@@H](C)OCC. The first-order valence-corrected chi connectivity index (χ1v) is 11.5. The second-order valence-electron chi connectivity index (χ2n) is 7.28. The van der Waals surface area contributed by atoms with Gasteiger partial charge >= 0.3 is 5.97 Å². The zero-order valence-corrected chi connectivity index (χ0v) is 19.2. The van der Waals surface area contributed by atoms with Gasteiger partial charge in [-0.05, 0) is 65.7 Å². The third-order valence-electron chi connectivity index (χ3n) is 4.32. The molecule has 4 nitrogen and oxygen atoms in total. The van der Waals surface area contributed by atoms with Gasteiger partial charge in [-0.3, -0.25) is 4.79 Å². The van der Waals surface area contributed by atoms with Gasteiger partial charge in [-0.2, -0.15) is 0 Å². The molecule has 1 unspecified atom stereocenters. The van der Waals surface area contributed by atoms with Crippen molar-refractivity contribution in [3.8, 4) is 0 Å². The van der Waals surface area contributed by atoms with Gasteiger partial charge in [0.25, 0.3) is 0 Å². The van der Waals surface area contributed by atoms with Crippen LogP contribution in [0, 0.1) is 0 Å². The van der Waals surface area contributed by atoms with Crippen LogP contribution >= 0.6 is 0 Å². The second-order valence-corrected chi connectivity index (χ2v) is 7.28. The number of ether oxygens (including phenoxy) is 3. The molecule has 168 valence electrons. The second kappa shape index (κ2) is 21.3. The van der Waals surface area contributed by atoms with E-state index in [1.807, 2.05) is 20.8 Å². The van der Waals surface area contributed by atoms with E-state index in [1.54, 1.807) is 0 Å². The van der Waals surface area contributed by atoms with Gasteiger partial charge in [0.1, 0.15) is 6.61 Å². The average molecular weight is 409 g/mol. The molecule has 0 aromatic rings. The Balaban J connectivity index is 3.54. The van der Waals surface area contributed by atoms with E-state index in [1.165, 1.54) is 25.7 Å². The number of carbonyl (C=O) groups excluding carboxylic acids is 1. The first-order chi connectivity index (χ1) is 14.1. The Morgan fingerprint density at radius 3 is 2.00 bits per heavy atom. The molecule has 0 aliphatic carbocycles. The summed E-state index contributed by atoms with van der Waals surface area (Å²) in [6, 6.07) is 0. The molecule has 0 aliphatic rings. The van der Waals surface area contributed by atoms with Crippen molar-refractivity contribution in [3.05, 3.63) is 36.5 Å². The molecule has 0 amide bonds. The smallest absolute Gasteiger partial charge is 0.305 e. The molecule has 0 saturated heterocycles. The summed E-state index contributed by atoms with van der Waals surface area (Å²) in [6.07, 6.45) is 23.4. The number of rotatable bonds is 19. The molecule has 2 atom stereocenters. The summed E-state index contributed by atoms with van der Waals surface area (Å²) in [5.74, 6) is -0.154. The standard InChI is InChI=1S/C25H44O4/c1-5-7-8-9-10-11-12-13-14-15-16-17-18-19-20-21-25(26)28-22-23(3)29-24(4)27-6-2/h10-11,13-14,16-17,23-24H,5-9,12,15,18-22H2,1-4H3/b11-10-,14-13-,17-16-/t23?,24-/m0/s1. The van der Waals surface area contributed by atoms with E-state index in [9.17, 15) is 4.79 Å². The number of unbranched alkanes of at least 4 members (excludes halogenated alkanes) is 5. The molecule has 0 bridgehead atoms. The first-order valence-electron chi connectivity index (χ1n) is 11.5. The van der Waals surface area contributed by atoms with Crippen LogP contribution in [0.4, 0.5) is 0 Å². The predicted molar refractivity (Wildman–Crippen MR) is 122 cm³/mol. The van der Waals surface area contributed by atoms with Gasteiger partial charge in [0.15, 0.2) is 6.29 Å². The Morgan fingerprint density at radius 1 is 0.828 bits per heavy atom. The molecule has 0 rings (SSSR count). The summed E-state index contributed by atoms with van der Waals surface area (Å²) < 4.78 is 16.1. The maximum atomic E-state index is 11.8. The molecule has 29 heavy (non-hydrogen) atoms. The molecule has 0 saturated carbocycles. The summed E-state index contributed by atoms with van der Waals surface area (Å²) >= 11 is 0. The summed E-state index contributed by atoms with van der Waals surface area (Å²) in [6.45, 7) is 8.76. The maximum absolute atomic E-state index is 11.8. The normalized spacial score (nSPS) is 14.2. The van der Waals surface area contributed by atoms with Crippen LogP contribution in [0.5, 0.6) is 0 Å². The minimum atomic E-state index is -0.276. The summed E-state index contributed by atoms with van der Waals surface area (Å²) in [5.41, 5.74) is 0. The van der Waals surface area contributed by atoms with Gasteiger partial charge in [0.05, 0.1) is 6.10 Å². The van der Waals surface area contributed by atoms with E-state index >= 15 is 0 Å². The molecule has 0 aromatic carbocycles. The highest BCUT2D eigenvalue weighted by molar-refractivity contribution is 5.69. The summed E-state index contributed by atoms with van der Waals surface area (Å²) in [4.78, 5) is 11.8. The Hall–Kier alpha value is -1.39. The average Bonchev–Trinajstić information content (AvgIpc) is 2.69. The fourth-order valence-electron chi connectivity index (χ4n) is 2.74. The minimum Gasteiger partial charge on any atom is -0.463 e. The van der Waals surface area contributed by atoms with E-state index in [-0.39, 0.29) is 25.0 Å². The molecule has 0 aliphatic heterocycles. The summed E-state index contributed by atoms with van der Waals surface area (Å²) in [7, 11) is 0. The van der Waals surface area contributed by atoms with Crippen LogP contribution < -0.4 is 0 Å². The van der Waals surface area contributed by atoms with Gasteiger partial charge in [0, 0.05) is 13.0 Å². The van der Waals surface area contributed by atoms with Crippen LogP contribution in [-0.4, -0.2) is 31.6 Å². The Kier molecular flexibility index (Phi) is 20.3. The van der Waals surface area contributed by atoms with E-state index in [0.29, 0.717) is 13.0 Å². The third-order valence-corrected chi connectivity index (χ3v) is 4.32. The number of hydrogen-bond donors (Lipinski definition) is 0. The molecular formula is C25H44O4. The molecule has 0 spiro atoms. The zero-order chi connectivity index (χ0) is 21.6. The predicted octanol–water partition coefficient (Wildman–Crippen LogP) is 6.91. The van der Waals surface area contributed by atoms with Gasteiger partial charge in [0.2, 0.25) is 0 Å². The molecule has 0 fully saturated rings. The summed E-state index contributed by atoms with van der Waals surface area (Å²) in [5, 5.41) is 0. The van der Waals surface area contributed by atoms with Crippen LogP contribution in [0.1, 0.15) is 91.9 Å². The van der Waals surface area contributed by atoms with Crippen LogP contribution in [0.2, 0.25) is 0 Å². The van der Waals surface area contributed by atoms with Crippen molar-refractivity contribution in [3.63, 3.8) is 0 Å². The minimum absolute atomic E-state index is 0.154. The highest BCUT2D eigenvalue weighted by atomic mass is 16.7. The quantitative estimate of drug-likeness (QED) is 0.101. The largest absolute Gasteiger partial charge is 0.463 e. The van der Waals surface area contributed by atoms with Crippen LogP contribution in [0.25, 0.3) is 0 Å². The van der Waals surface area contributed by atoms with Crippen molar-refractivity contribution in [2.24, 2.45) is 0 Å². The molecular weight excluding hydrogens is 364 g/mol. The third kappa shape index (κ3) is 21.1. The Morgan fingerprint density at radius 2 is 1.41 bits per heavy atom. The fraction of sp³-hybridized carbons (Fsp3) is 0.720. The molecule has 0 heterocycles. The Labute approximate surface area is 179 Å². The Bertz CT molecular complexity index is 454. The number of hydrogen-bond acceptors (Lipinski definition) is 4. The van der Waals surface area contributed by atoms with Crippen molar-refractivity contribution >= 4 is 5.97 Å². The van der Waals surface area contributed by atoms with Crippen molar-refractivity contribution < 1.29 is 19.0 Å². The molecule has 0 N–H and O–H groups in total. The van der Waals surface area contributed by atoms with E-state index in [4.69, 9.17) is 14.2 Å². The van der Waals surface area contributed by atoms with Crippen molar-refractivity contribution in [1.29, 1.82) is 0 Å². The van der Waals surface area contributed by atoms with Crippen molar-refractivity contribution in [2.45, 2.75) is 104 Å². The van der Waals surface area contributed by atoms with E-state index in [0.717, 1.165) is 32.1 Å². The number of carbonyl (C=O) groups is 1. The van der Waals surface area contributed by atoms with Crippen molar-refractivity contribution in [1.82, 2.24) is 0 Å². The lowest BCUT2D eigenvalue weighted by molar-refractivity contribution is -0.173. The molecule has 4 heteroatoms. The monoisotopic (exact) mass is 408 g/mol. The lowest BCUT2D eigenvalue weighted by Crippen LogP contribution is -2.25. The molecule has 0 aromatic heterocycles. The van der Waals surface area contributed by atoms with Crippen LogP contribution in [-0.2, 0) is 19.0 Å². The van der Waals surface area contributed by atoms with Gasteiger partial charge in [-0.1, -0.05) is 56.2 Å². The van der Waals surface area contributed by atoms with E-state index < -0.39 is 0 Å². The number of esters is 1. The van der Waals surface area contributed by atoms with Crippen molar-refractivity contribution in [2.75, 3.05) is 13.2 Å². The van der Waals surface area contributed by atoms with Gasteiger partial charge in [-0.25, -0.2) is 0 Å². The van der Waals surface area contributed by atoms with E-state index in [2.05, 4.69) is 43.4 Å². The number of allylic oxidation sites excluding steroid dienone is 6. The highest BCUT2D eigenvalue weighted by Gasteiger charge is 2.11. The molecule has 0 radical (unpaired) electrons. The maximum Gasteiger partial charge on any atom is 0.305 e. The topological polar surface area (TPSA) is 44.8 Å². The first kappa shape index (κ1) is 27.6.